The maximum Gasteiger partial charge on any atom is 0.0454 e. The van der Waals surface area contributed by atoms with Gasteiger partial charge >= 0.3 is 0 Å². The molecule has 0 amide bonds. The average Bonchev–Trinajstić information content (AvgIpc) is 2.40. The molecule has 1 aromatic carbocycles. The first-order valence-electron chi connectivity index (χ1n) is 6.97. The van der Waals surface area contributed by atoms with Crippen LogP contribution in [0, 0.1) is 5.92 Å². The Kier molecular flexibility index (Phi) is 5.52. The Hall–Kier alpha value is -0.280. The molecule has 0 bridgehead atoms. The van der Waals surface area contributed by atoms with Gasteiger partial charge in [0, 0.05) is 42.3 Å². The van der Waals surface area contributed by atoms with Gasteiger partial charge in [-0.3, -0.25) is 4.90 Å². The van der Waals surface area contributed by atoms with Crippen LogP contribution in [0.5, 0.6) is 0 Å². The number of rotatable bonds is 4. The van der Waals surface area contributed by atoms with Crippen LogP contribution in [0.2, 0.25) is 10.0 Å². The molecule has 1 atom stereocenters. The molecular formula is C15H22Cl2N2. The minimum Gasteiger partial charge on any atom is -0.314 e. The van der Waals surface area contributed by atoms with Gasteiger partial charge in [0.2, 0.25) is 0 Å². The Labute approximate surface area is 126 Å². The zero-order valence-corrected chi connectivity index (χ0v) is 13.1. The summed E-state index contributed by atoms with van der Waals surface area (Å²) in [4.78, 5) is 2.52. The molecule has 4 heteroatoms. The van der Waals surface area contributed by atoms with Gasteiger partial charge in [-0.15, -0.1) is 0 Å². The fraction of sp³-hybridized carbons (Fsp3) is 0.600. The lowest BCUT2D eigenvalue weighted by Gasteiger charge is -2.36. The molecule has 2 nitrogen and oxygen atoms in total. The van der Waals surface area contributed by atoms with E-state index >= 15 is 0 Å². The fourth-order valence-corrected chi connectivity index (χ4v) is 3.11. The molecule has 1 aliphatic rings. The summed E-state index contributed by atoms with van der Waals surface area (Å²) in [7, 11) is 0. The van der Waals surface area contributed by atoms with Crippen molar-refractivity contribution in [2.75, 3.05) is 26.2 Å². The number of piperazine rings is 1. The van der Waals surface area contributed by atoms with Gasteiger partial charge in [-0.25, -0.2) is 0 Å². The van der Waals surface area contributed by atoms with Gasteiger partial charge in [0.05, 0.1) is 0 Å². The van der Waals surface area contributed by atoms with E-state index in [0.717, 1.165) is 42.6 Å². The lowest BCUT2D eigenvalue weighted by molar-refractivity contribution is 0.154. The van der Waals surface area contributed by atoms with E-state index in [1.54, 1.807) is 0 Å². The first kappa shape index (κ1) is 15.1. The molecule has 1 aromatic rings. The van der Waals surface area contributed by atoms with Crippen molar-refractivity contribution >= 4 is 23.2 Å². The second kappa shape index (κ2) is 6.94. The predicted molar refractivity (Wildman–Crippen MR) is 83.1 cm³/mol. The van der Waals surface area contributed by atoms with Crippen molar-refractivity contribution in [2.24, 2.45) is 5.92 Å². The van der Waals surface area contributed by atoms with Crippen LogP contribution in [-0.4, -0.2) is 31.1 Å². The molecule has 19 heavy (non-hydrogen) atoms. The van der Waals surface area contributed by atoms with Crippen LogP contribution in [0.4, 0.5) is 0 Å². The zero-order chi connectivity index (χ0) is 13.8. The molecule has 0 spiro atoms. The van der Waals surface area contributed by atoms with E-state index < -0.39 is 0 Å². The first-order chi connectivity index (χ1) is 9.08. The summed E-state index contributed by atoms with van der Waals surface area (Å²) in [5.74, 6) is 0.634. The third kappa shape index (κ3) is 4.09. The summed E-state index contributed by atoms with van der Waals surface area (Å²) in [6, 6.07) is 6.17. The average molecular weight is 301 g/mol. The monoisotopic (exact) mass is 300 g/mol. The quantitative estimate of drug-likeness (QED) is 0.904. The highest BCUT2D eigenvalue weighted by Gasteiger charge is 2.24. The second-order valence-electron chi connectivity index (χ2n) is 5.60. The van der Waals surface area contributed by atoms with Gasteiger partial charge in [-0.2, -0.15) is 0 Å². The van der Waals surface area contributed by atoms with Crippen molar-refractivity contribution in [3.8, 4) is 0 Å². The molecule has 0 aliphatic carbocycles. The summed E-state index contributed by atoms with van der Waals surface area (Å²) in [6.07, 6.45) is 1.11. The summed E-state index contributed by atoms with van der Waals surface area (Å²) in [6.45, 7) is 8.75. The zero-order valence-electron chi connectivity index (χ0n) is 11.6. The third-order valence-electron chi connectivity index (χ3n) is 3.60. The lowest BCUT2D eigenvalue weighted by atomic mass is 9.95. The Balaban J connectivity index is 2.27. The maximum absolute atomic E-state index is 6.39. The summed E-state index contributed by atoms with van der Waals surface area (Å²) >= 11 is 12.5. The van der Waals surface area contributed by atoms with Crippen molar-refractivity contribution in [3.63, 3.8) is 0 Å². The van der Waals surface area contributed by atoms with E-state index in [1.165, 1.54) is 5.56 Å². The van der Waals surface area contributed by atoms with Crippen LogP contribution in [0.25, 0.3) is 0 Å². The predicted octanol–water partition coefficient (Wildman–Crippen LogP) is 3.99. The van der Waals surface area contributed by atoms with E-state index in [1.807, 2.05) is 18.2 Å². The SMILES string of the molecule is CC(C)C[C@@H](c1cc(Cl)ccc1Cl)N1CCNCC1. The van der Waals surface area contributed by atoms with Crippen molar-refractivity contribution in [3.05, 3.63) is 33.8 Å². The van der Waals surface area contributed by atoms with Crippen LogP contribution in [0.15, 0.2) is 18.2 Å². The Morgan fingerprint density at radius 2 is 1.89 bits per heavy atom. The summed E-state index contributed by atoms with van der Waals surface area (Å²) < 4.78 is 0. The van der Waals surface area contributed by atoms with Crippen molar-refractivity contribution < 1.29 is 0 Å². The number of hydrogen-bond acceptors (Lipinski definition) is 2. The smallest absolute Gasteiger partial charge is 0.0454 e. The Morgan fingerprint density at radius 3 is 2.53 bits per heavy atom. The number of nitrogens with zero attached hydrogens (tertiary/aromatic N) is 1. The first-order valence-corrected chi connectivity index (χ1v) is 7.73. The molecule has 2 rings (SSSR count). The van der Waals surface area contributed by atoms with Crippen molar-refractivity contribution in [1.82, 2.24) is 10.2 Å². The molecule has 1 aliphatic heterocycles. The highest BCUT2D eigenvalue weighted by Crippen LogP contribution is 2.34. The van der Waals surface area contributed by atoms with E-state index in [9.17, 15) is 0 Å². The molecule has 1 N–H and O–H groups in total. The second-order valence-corrected chi connectivity index (χ2v) is 6.44. The summed E-state index contributed by atoms with van der Waals surface area (Å²) in [5.41, 5.74) is 1.17. The Bertz CT molecular complexity index is 415. The number of halogens is 2. The van der Waals surface area contributed by atoms with Crippen molar-refractivity contribution in [1.29, 1.82) is 0 Å². The third-order valence-corrected chi connectivity index (χ3v) is 4.18. The van der Waals surface area contributed by atoms with Gasteiger partial charge in [-0.1, -0.05) is 37.0 Å². The van der Waals surface area contributed by atoms with Crippen LogP contribution >= 0.6 is 23.2 Å². The van der Waals surface area contributed by atoms with E-state index in [0.29, 0.717) is 12.0 Å². The molecule has 1 saturated heterocycles. The highest BCUT2D eigenvalue weighted by atomic mass is 35.5. The van der Waals surface area contributed by atoms with Crippen LogP contribution in [0.3, 0.4) is 0 Å². The molecule has 106 valence electrons. The molecular weight excluding hydrogens is 279 g/mol. The van der Waals surface area contributed by atoms with E-state index in [2.05, 4.69) is 24.1 Å². The minimum atomic E-state index is 0.369. The molecule has 0 saturated carbocycles. The van der Waals surface area contributed by atoms with Gasteiger partial charge in [0.1, 0.15) is 0 Å². The van der Waals surface area contributed by atoms with Gasteiger partial charge < -0.3 is 5.32 Å². The van der Waals surface area contributed by atoms with Gasteiger partial charge in [0.15, 0.2) is 0 Å². The van der Waals surface area contributed by atoms with E-state index in [4.69, 9.17) is 23.2 Å². The largest absolute Gasteiger partial charge is 0.314 e. The molecule has 0 aromatic heterocycles. The molecule has 1 fully saturated rings. The van der Waals surface area contributed by atoms with Gasteiger partial charge in [-0.05, 0) is 36.1 Å². The highest BCUT2D eigenvalue weighted by molar-refractivity contribution is 6.33. The lowest BCUT2D eigenvalue weighted by Crippen LogP contribution is -2.45. The summed E-state index contributed by atoms with van der Waals surface area (Å²) in [5, 5.41) is 4.99. The maximum atomic E-state index is 6.39. The van der Waals surface area contributed by atoms with Crippen LogP contribution < -0.4 is 5.32 Å². The topological polar surface area (TPSA) is 15.3 Å². The normalized spacial score (nSPS) is 18.8. The minimum absolute atomic E-state index is 0.369. The molecule has 0 unspecified atom stereocenters. The van der Waals surface area contributed by atoms with Crippen LogP contribution in [0.1, 0.15) is 31.9 Å². The van der Waals surface area contributed by atoms with Gasteiger partial charge in [0.25, 0.3) is 0 Å². The standard InChI is InChI=1S/C15H22Cl2N2/c1-11(2)9-15(19-7-5-18-6-8-19)13-10-12(16)3-4-14(13)17/h3-4,10-11,15,18H,5-9H2,1-2H3/t15-/m0/s1. The number of benzene rings is 1. The van der Waals surface area contributed by atoms with Crippen LogP contribution in [-0.2, 0) is 0 Å². The number of nitrogens with one attached hydrogen (secondary N) is 1. The van der Waals surface area contributed by atoms with E-state index in [-0.39, 0.29) is 0 Å². The van der Waals surface area contributed by atoms with Crippen molar-refractivity contribution in [2.45, 2.75) is 26.3 Å². The Morgan fingerprint density at radius 1 is 1.21 bits per heavy atom. The molecule has 0 radical (unpaired) electrons. The molecule has 1 heterocycles. The fourth-order valence-electron chi connectivity index (χ4n) is 2.68. The number of hydrogen-bond donors (Lipinski definition) is 1.